The third-order valence-corrected chi connectivity index (χ3v) is 8.74. The number of hydrogen-bond donors (Lipinski definition) is 3. The van der Waals surface area contributed by atoms with E-state index in [2.05, 4.69) is 25.9 Å². The smallest absolute Gasteiger partial charge is 0.162 e. The molecule has 3 aliphatic rings. The second-order valence-corrected chi connectivity index (χ2v) is 11.4. The number of aromatic nitrogens is 4. The Hall–Kier alpha value is -3.72. The molecule has 2 aliphatic carbocycles. The molecule has 1 saturated heterocycles. The van der Waals surface area contributed by atoms with Crippen LogP contribution in [0, 0.1) is 23.5 Å². The number of fused-ring (bicyclic) bond motifs is 1. The highest BCUT2D eigenvalue weighted by atomic mass is 19.1. The van der Waals surface area contributed by atoms with Crippen LogP contribution in [0.2, 0.25) is 0 Å². The topological polar surface area (TPSA) is 87.7 Å². The van der Waals surface area contributed by atoms with Gasteiger partial charge >= 0.3 is 0 Å². The van der Waals surface area contributed by atoms with E-state index in [1.54, 1.807) is 12.3 Å². The normalized spacial score (nSPS) is 18.9. The minimum Gasteiger partial charge on any atom is -0.366 e. The summed E-state index contributed by atoms with van der Waals surface area (Å²) in [6, 6.07) is 7.67. The largest absolute Gasteiger partial charge is 0.366 e. The van der Waals surface area contributed by atoms with E-state index >= 15 is 0 Å². The molecule has 1 unspecified atom stereocenters. The third-order valence-electron chi connectivity index (χ3n) is 8.74. The molecular formula is C31H33F2N7. The van der Waals surface area contributed by atoms with Crippen molar-refractivity contribution in [3.63, 3.8) is 0 Å². The van der Waals surface area contributed by atoms with Crippen LogP contribution in [0.3, 0.4) is 0 Å². The van der Waals surface area contributed by atoms with Gasteiger partial charge in [0.15, 0.2) is 5.82 Å². The van der Waals surface area contributed by atoms with E-state index in [1.807, 2.05) is 18.5 Å². The second-order valence-electron chi connectivity index (χ2n) is 11.4. The monoisotopic (exact) mass is 541 g/mol. The molecule has 0 bridgehead atoms. The Morgan fingerprint density at radius 1 is 0.900 bits per heavy atom. The van der Waals surface area contributed by atoms with Crippen LogP contribution in [0.4, 0.5) is 26.1 Å². The summed E-state index contributed by atoms with van der Waals surface area (Å²) in [4.78, 5) is 18.9. The SMILES string of the molecule is Fc1cccc(F)c1Nc1cc(-c2nc(NC(C3CCC3)C3CCNCC3)c3c(C4CC4)cncc3n2)ccn1. The molecule has 0 amide bonds. The van der Waals surface area contributed by atoms with Gasteiger partial charge in [0.2, 0.25) is 0 Å². The highest BCUT2D eigenvalue weighted by molar-refractivity contribution is 5.93. The zero-order valence-corrected chi connectivity index (χ0v) is 22.3. The first-order chi connectivity index (χ1) is 19.6. The number of halogens is 2. The van der Waals surface area contributed by atoms with Gasteiger partial charge in [0.25, 0.3) is 0 Å². The van der Waals surface area contributed by atoms with E-state index in [0.717, 1.165) is 55.5 Å². The molecule has 1 atom stereocenters. The van der Waals surface area contributed by atoms with E-state index < -0.39 is 11.6 Å². The predicted molar refractivity (Wildman–Crippen MR) is 153 cm³/mol. The first-order valence-electron chi connectivity index (χ1n) is 14.4. The molecule has 3 N–H and O–H groups in total. The number of pyridine rings is 2. The van der Waals surface area contributed by atoms with Crippen molar-refractivity contribution in [3.8, 4) is 11.4 Å². The van der Waals surface area contributed by atoms with Crippen LogP contribution >= 0.6 is 0 Å². The van der Waals surface area contributed by atoms with Crippen LogP contribution in [0.5, 0.6) is 0 Å². The summed E-state index contributed by atoms with van der Waals surface area (Å²) < 4.78 is 28.6. The number of rotatable bonds is 8. The van der Waals surface area contributed by atoms with Crippen molar-refractivity contribution >= 4 is 28.2 Å². The molecule has 3 aromatic heterocycles. The second kappa shape index (κ2) is 10.7. The summed E-state index contributed by atoms with van der Waals surface area (Å²) in [6.07, 6.45) is 13.8. The van der Waals surface area contributed by atoms with Crippen LogP contribution < -0.4 is 16.0 Å². The van der Waals surface area contributed by atoms with E-state index in [9.17, 15) is 8.78 Å². The third kappa shape index (κ3) is 4.98. The molecular weight excluding hydrogens is 508 g/mol. The molecule has 0 radical (unpaired) electrons. The van der Waals surface area contributed by atoms with Crippen LogP contribution in [0.15, 0.2) is 48.9 Å². The molecule has 7 nitrogen and oxygen atoms in total. The number of piperidine rings is 1. The fourth-order valence-corrected chi connectivity index (χ4v) is 6.21. The van der Waals surface area contributed by atoms with Crippen LogP contribution in [-0.2, 0) is 0 Å². The Labute approximate surface area is 232 Å². The van der Waals surface area contributed by atoms with Gasteiger partial charge in [0.05, 0.1) is 11.7 Å². The Kier molecular flexibility index (Phi) is 6.75. The van der Waals surface area contributed by atoms with Gasteiger partial charge in [0, 0.05) is 29.4 Å². The summed E-state index contributed by atoms with van der Waals surface area (Å²) in [5.41, 5.74) is 2.49. The van der Waals surface area contributed by atoms with Crippen LogP contribution in [0.1, 0.15) is 56.4 Å². The lowest BCUT2D eigenvalue weighted by atomic mass is 9.72. The van der Waals surface area contributed by atoms with Crippen molar-refractivity contribution in [3.05, 3.63) is 66.1 Å². The lowest BCUT2D eigenvalue weighted by molar-refractivity contribution is 0.195. The van der Waals surface area contributed by atoms with Crippen molar-refractivity contribution in [1.29, 1.82) is 0 Å². The standard InChI is InChI=1S/C31H33F2N7/c32-23-5-2-6-24(33)29(23)38-26-15-21(11-14-36-26)30-37-25-17-35-16-22(18-7-8-18)27(25)31(40-30)39-28(19-3-1-4-19)20-9-12-34-13-10-20/h2,5-6,11,14-20,28,34H,1,3-4,7-10,12-13H2,(H,36,38)(H,37,39,40). The highest BCUT2D eigenvalue weighted by Crippen LogP contribution is 2.45. The summed E-state index contributed by atoms with van der Waals surface area (Å²) in [5, 5.41) is 11.3. The van der Waals surface area contributed by atoms with E-state index in [4.69, 9.17) is 9.97 Å². The molecule has 7 rings (SSSR count). The van der Waals surface area contributed by atoms with E-state index in [1.165, 1.54) is 43.0 Å². The Balaban J connectivity index is 1.29. The first kappa shape index (κ1) is 25.3. The van der Waals surface area contributed by atoms with Gasteiger partial charge in [-0.25, -0.2) is 23.7 Å². The summed E-state index contributed by atoms with van der Waals surface area (Å²) in [6.45, 7) is 2.11. The summed E-state index contributed by atoms with van der Waals surface area (Å²) in [7, 11) is 0. The van der Waals surface area contributed by atoms with Gasteiger partial charge < -0.3 is 16.0 Å². The summed E-state index contributed by atoms with van der Waals surface area (Å²) in [5.74, 6) is 2.09. The first-order valence-corrected chi connectivity index (χ1v) is 14.4. The quantitative estimate of drug-likeness (QED) is 0.233. The molecule has 0 spiro atoms. The molecule has 9 heteroatoms. The number of para-hydroxylation sites is 1. The number of anilines is 3. The highest BCUT2D eigenvalue weighted by Gasteiger charge is 2.35. The van der Waals surface area contributed by atoms with Gasteiger partial charge in [-0.3, -0.25) is 4.98 Å². The van der Waals surface area contributed by atoms with Gasteiger partial charge in [0.1, 0.15) is 29.0 Å². The average molecular weight is 542 g/mol. The van der Waals surface area contributed by atoms with Gasteiger partial charge in [-0.1, -0.05) is 12.5 Å². The Morgan fingerprint density at radius 3 is 2.40 bits per heavy atom. The Morgan fingerprint density at radius 2 is 1.68 bits per heavy atom. The van der Waals surface area contributed by atoms with Crippen molar-refractivity contribution in [2.24, 2.45) is 11.8 Å². The minimum atomic E-state index is -0.681. The fourth-order valence-electron chi connectivity index (χ4n) is 6.21. The van der Waals surface area contributed by atoms with E-state index in [0.29, 0.717) is 41.0 Å². The maximum Gasteiger partial charge on any atom is 0.162 e. The number of nitrogens with zero attached hydrogens (tertiary/aromatic N) is 4. The van der Waals surface area contributed by atoms with Crippen LogP contribution in [0.25, 0.3) is 22.3 Å². The number of benzene rings is 1. The molecule has 3 fully saturated rings. The van der Waals surface area contributed by atoms with Gasteiger partial charge in [-0.15, -0.1) is 0 Å². The molecule has 1 aliphatic heterocycles. The number of hydrogen-bond acceptors (Lipinski definition) is 7. The fraction of sp³-hybridized carbons (Fsp3) is 0.419. The van der Waals surface area contributed by atoms with Crippen molar-refractivity contribution in [2.45, 2.75) is 56.9 Å². The zero-order valence-electron chi connectivity index (χ0n) is 22.3. The van der Waals surface area contributed by atoms with Gasteiger partial charge in [-0.05, 0) is 99.2 Å². The zero-order chi connectivity index (χ0) is 27.1. The maximum absolute atomic E-state index is 14.3. The maximum atomic E-state index is 14.3. The summed E-state index contributed by atoms with van der Waals surface area (Å²) >= 11 is 0. The van der Waals surface area contributed by atoms with E-state index in [-0.39, 0.29) is 5.69 Å². The molecule has 4 aromatic rings. The van der Waals surface area contributed by atoms with Crippen LogP contribution in [-0.4, -0.2) is 39.1 Å². The predicted octanol–water partition coefficient (Wildman–Crippen LogP) is 6.57. The molecule has 2 saturated carbocycles. The van der Waals surface area contributed by atoms with Crippen molar-refractivity contribution in [1.82, 2.24) is 25.3 Å². The lowest BCUT2D eigenvalue weighted by Gasteiger charge is -2.41. The number of nitrogens with one attached hydrogen (secondary N) is 3. The van der Waals surface area contributed by atoms with Gasteiger partial charge in [-0.2, -0.15) is 0 Å². The van der Waals surface area contributed by atoms with Crippen molar-refractivity contribution < 1.29 is 8.78 Å². The minimum absolute atomic E-state index is 0.238. The molecule has 4 heterocycles. The average Bonchev–Trinajstić information content (AvgIpc) is 3.80. The molecule has 1 aromatic carbocycles. The van der Waals surface area contributed by atoms with Crippen molar-refractivity contribution in [2.75, 3.05) is 23.7 Å². The molecule has 40 heavy (non-hydrogen) atoms. The Bertz CT molecular complexity index is 1510. The lowest BCUT2D eigenvalue weighted by Crippen LogP contribution is -2.44. The molecule has 206 valence electrons.